The highest BCUT2D eigenvalue weighted by Gasteiger charge is 2.31. The van der Waals surface area contributed by atoms with Crippen molar-refractivity contribution in [2.24, 2.45) is 0 Å². The molecule has 1 aromatic carbocycles. The first kappa shape index (κ1) is 16.0. The minimum Gasteiger partial charge on any atom is -0.481 e. The van der Waals surface area contributed by atoms with Crippen molar-refractivity contribution >= 4 is 11.8 Å². The van der Waals surface area contributed by atoms with Gasteiger partial charge in [-0.15, -0.1) is 0 Å². The van der Waals surface area contributed by atoms with Crippen molar-refractivity contribution in [1.82, 2.24) is 0 Å². The van der Waals surface area contributed by atoms with Crippen LogP contribution < -0.4 is 4.74 Å². The maximum atomic E-state index is 12.6. The van der Waals surface area contributed by atoms with Crippen LogP contribution in [0.5, 0.6) is 5.75 Å². The Hall–Kier alpha value is -2.05. The molecule has 1 aromatic rings. The van der Waals surface area contributed by atoms with Crippen LogP contribution in [0.25, 0.3) is 0 Å². The van der Waals surface area contributed by atoms with Crippen LogP contribution in [0, 0.1) is 0 Å². The summed E-state index contributed by atoms with van der Waals surface area (Å²) in [7, 11) is 0. The Balaban J connectivity index is 2.97. The highest BCUT2D eigenvalue weighted by molar-refractivity contribution is 5.97. The molecule has 0 bridgehead atoms. The van der Waals surface area contributed by atoms with Gasteiger partial charge in [0.15, 0.2) is 12.4 Å². The van der Waals surface area contributed by atoms with E-state index in [1.165, 1.54) is 0 Å². The molecule has 0 aliphatic rings. The van der Waals surface area contributed by atoms with Crippen LogP contribution in [0.3, 0.4) is 0 Å². The number of benzene rings is 1. The van der Waals surface area contributed by atoms with Crippen molar-refractivity contribution < 1.29 is 32.2 Å². The molecule has 0 amide bonds. The van der Waals surface area contributed by atoms with Gasteiger partial charge in [-0.1, -0.05) is 0 Å². The summed E-state index contributed by atoms with van der Waals surface area (Å²) in [6, 6.07) is 2.49. The first-order valence-electron chi connectivity index (χ1n) is 5.76. The average Bonchev–Trinajstić information content (AvgIpc) is 2.35. The summed E-state index contributed by atoms with van der Waals surface area (Å²) in [6.45, 7) is 2.41. The number of halogens is 3. The van der Waals surface area contributed by atoms with Gasteiger partial charge >= 0.3 is 12.1 Å². The summed E-state index contributed by atoms with van der Waals surface area (Å²) in [4.78, 5) is 22.5. The third-order valence-electron chi connectivity index (χ3n) is 2.34. The molecule has 7 heteroatoms. The van der Waals surface area contributed by atoms with E-state index < -0.39 is 30.1 Å². The fraction of sp³-hybridized carbons (Fsp3) is 0.385. The highest BCUT2D eigenvalue weighted by atomic mass is 19.4. The molecular weight excluding hydrogens is 277 g/mol. The van der Waals surface area contributed by atoms with Gasteiger partial charge < -0.3 is 9.47 Å². The number of hydrogen-bond donors (Lipinski definition) is 0. The van der Waals surface area contributed by atoms with Crippen LogP contribution in [0.2, 0.25) is 0 Å². The summed E-state index contributed by atoms with van der Waals surface area (Å²) in [5, 5.41) is 0. The molecule has 4 nitrogen and oxygen atoms in total. The van der Waals surface area contributed by atoms with Crippen molar-refractivity contribution in [2.75, 3.05) is 13.2 Å². The first-order valence-corrected chi connectivity index (χ1v) is 5.76. The molecule has 0 aromatic heterocycles. The minimum absolute atomic E-state index is 0.0847. The number of ether oxygens (including phenoxy) is 2. The molecule has 20 heavy (non-hydrogen) atoms. The first-order chi connectivity index (χ1) is 9.25. The summed E-state index contributed by atoms with van der Waals surface area (Å²) >= 11 is 0. The lowest BCUT2D eigenvalue weighted by Gasteiger charge is -2.12. The lowest BCUT2D eigenvalue weighted by Crippen LogP contribution is -2.16. The second-order valence-electron chi connectivity index (χ2n) is 3.86. The van der Waals surface area contributed by atoms with Crippen LogP contribution in [-0.2, 0) is 15.7 Å². The maximum Gasteiger partial charge on any atom is 0.416 e. The van der Waals surface area contributed by atoms with Gasteiger partial charge in [0, 0.05) is 0 Å². The topological polar surface area (TPSA) is 52.6 Å². The Morgan fingerprint density at radius 2 is 1.90 bits per heavy atom. The standard InChI is InChI=1S/C13H13F3O4/c1-3-19-12(18)7-20-11-5-4-9(13(14,15)16)6-10(11)8(2)17/h4-6H,3,7H2,1-2H3. The zero-order valence-corrected chi connectivity index (χ0v) is 10.9. The predicted molar refractivity (Wildman–Crippen MR) is 63.6 cm³/mol. The van der Waals surface area contributed by atoms with Crippen LogP contribution >= 0.6 is 0 Å². The van der Waals surface area contributed by atoms with E-state index in [9.17, 15) is 22.8 Å². The second-order valence-corrected chi connectivity index (χ2v) is 3.86. The molecule has 0 N–H and O–H groups in total. The number of carbonyl (C=O) groups excluding carboxylic acids is 2. The maximum absolute atomic E-state index is 12.6. The molecule has 1 rings (SSSR count). The molecule has 0 heterocycles. The van der Waals surface area contributed by atoms with E-state index in [2.05, 4.69) is 4.74 Å². The lowest BCUT2D eigenvalue weighted by atomic mass is 10.1. The molecule has 0 unspecified atom stereocenters. The lowest BCUT2D eigenvalue weighted by molar-refractivity contribution is -0.145. The Morgan fingerprint density at radius 1 is 1.25 bits per heavy atom. The Labute approximate surface area is 113 Å². The third kappa shape index (κ3) is 4.25. The van der Waals surface area contributed by atoms with Crippen LogP contribution in [0.1, 0.15) is 29.8 Å². The normalized spacial score (nSPS) is 11.1. The fourth-order valence-electron chi connectivity index (χ4n) is 1.45. The zero-order valence-electron chi connectivity index (χ0n) is 10.9. The van der Waals surface area contributed by atoms with Gasteiger partial charge in [-0.2, -0.15) is 13.2 Å². The van der Waals surface area contributed by atoms with Crippen molar-refractivity contribution in [3.8, 4) is 5.75 Å². The SMILES string of the molecule is CCOC(=O)COc1ccc(C(F)(F)F)cc1C(C)=O. The van der Waals surface area contributed by atoms with E-state index in [-0.39, 0.29) is 17.9 Å². The molecule has 0 aliphatic carbocycles. The second kappa shape index (κ2) is 6.40. The van der Waals surface area contributed by atoms with Gasteiger partial charge in [-0.05, 0) is 32.0 Å². The Morgan fingerprint density at radius 3 is 2.40 bits per heavy atom. The molecule has 0 radical (unpaired) electrons. The number of ketones is 1. The molecular formula is C13H13F3O4. The predicted octanol–water partition coefficient (Wildman–Crippen LogP) is 2.85. The van der Waals surface area contributed by atoms with Gasteiger partial charge in [0.05, 0.1) is 17.7 Å². The minimum atomic E-state index is -4.55. The fourth-order valence-corrected chi connectivity index (χ4v) is 1.45. The van der Waals surface area contributed by atoms with E-state index in [1.807, 2.05) is 0 Å². The number of rotatable bonds is 5. The summed E-state index contributed by atoms with van der Waals surface area (Å²) in [6.07, 6.45) is -4.55. The quantitative estimate of drug-likeness (QED) is 0.618. The van der Waals surface area contributed by atoms with E-state index in [4.69, 9.17) is 4.74 Å². The van der Waals surface area contributed by atoms with Crippen molar-refractivity contribution in [1.29, 1.82) is 0 Å². The smallest absolute Gasteiger partial charge is 0.416 e. The van der Waals surface area contributed by atoms with Gasteiger partial charge in [0.25, 0.3) is 0 Å². The molecule has 0 saturated heterocycles. The van der Waals surface area contributed by atoms with E-state index in [1.54, 1.807) is 6.92 Å². The molecule has 110 valence electrons. The number of carbonyl (C=O) groups is 2. The summed E-state index contributed by atoms with van der Waals surface area (Å²) in [5.41, 5.74) is -1.18. The molecule has 0 fully saturated rings. The van der Waals surface area contributed by atoms with Crippen LogP contribution in [0.4, 0.5) is 13.2 Å². The summed E-state index contributed by atoms with van der Waals surface area (Å²) in [5.74, 6) is -1.34. The van der Waals surface area contributed by atoms with Gasteiger partial charge in [-0.3, -0.25) is 4.79 Å². The van der Waals surface area contributed by atoms with Crippen molar-refractivity contribution in [3.05, 3.63) is 29.3 Å². The van der Waals surface area contributed by atoms with Gasteiger partial charge in [0.1, 0.15) is 5.75 Å². The third-order valence-corrected chi connectivity index (χ3v) is 2.34. The summed E-state index contributed by atoms with van der Waals surface area (Å²) < 4.78 is 47.3. The highest BCUT2D eigenvalue weighted by Crippen LogP contribution is 2.32. The monoisotopic (exact) mass is 290 g/mol. The van der Waals surface area contributed by atoms with E-state index in [0.29, 0.717) is 6.07 Å². The van der Waals surface area contributed by atoms with Crippen molar-refractivity contribution in [3.63, 3.8) is 0 Å². The number of Topliss-reactive ketones (excluding diaryl/α,β-unsaturated/α-hetero) is 1. The Kier molecular flexibility index (Phi) is 5.12. The van der Waals surface area contributed by atoms with E-state index in [0.717, 1.165) is 19.1 Å². The number of alkyl halides is 3. The molecule has 0 atom stereocenters. The van der Waals surface area contributed by atoms with Crippen LogP contribution in [-0.4, -0.2) is 25.0 Å². The van der Waals surface area contributed by atoms with Gasteiger partial charge in [-0.25, -0.2) is 4.79 Å². The van der Waals surface area contributed by atoms with Gasteiger partial charge in [0.2, 0.25) is 0 Å². The molecule has 0 aliphatic heterocycles. The largest absolute Gasteiger partial charge is 0.481 e. The Bertz CT molecular complexity index is 509. The molecule has 0 saturated carbocycles. The zero-order chi connectivity index (χ0) is 15.3. The average molecular weight is 290 g/mol. The van der Waals surface area contributed by atoms with E-state index >= 15 is 0 Å². The number of hydrogen-bond acceptors (Lipinski definition) is 4. The van der Waals surface area contributed by atoms with Crippen molar-refractivity contribution in [2.45, 2.75) is 20.0 Å². The van der Waals surface area contributed by atoms with Crippen LogP contribution in [0.15, 0.2) is 18.2 Å². The molecule has 0 spiro atoms. The number of esters is 1.